The van der Waals surface area contributed by atoms with Gasteiger partial charge in [0.05, 0.1) is 21.3 Å². The molecule has 6 heteroatoms. The number of aromatic amines is 1. The molecule has 0 radical (unpaired) electrons. The summed E-state index contributed by atoms with van der Waals surface area (Å²) in [5.74, 6) is 3.31. The van der Waals surface area contributed by atoms with Crippen LogP contribution >= 0.6 is 0 Å². The smallest absolute Gasteiger partial charge is 0.162 e. The highest BCUT2D eigenvalue weighted by atomic mass is 16.5. The number of benzene rings is 3. The van der Waals surface area contributed by atoms with Crippen LogP contribution in [0.15, 0.2) is 54.6 Å². The van der Waals surface area contributed by atoms with Crippen molar-refractivity contribution >= 4 is 10.9 Å². The molecule has 0 amide bonds. The molecule has 180 valence electrons. The quantitative estimate of drug-likeness (QED) is 0.407. The predicted octanol–water partition coefficient (Wildman–Crippen LogP) is 5.43. The third-order valence-corrected chi connectivity index (χ3v) is 7.41. The van der Waals surface area contributed by atoms with E-state index in [1.165, 1.54) is 33.3 Å². The molecule has 1 aromatic heterocycles. The summed E-state index contributed by atoms with van der Waals surface area (Å²) >= 11 is 0. The minimum atomic E-state index is 0.311. The summed E-state index contributed by atoms with van der Waals surface area (Å²) in [4.78, 5) is 6.23. The van der Waals surface area contributed by atoms with E-state index in [9.17, 15) is 0 Å². The summed E-state index contributed by atoms with van der Waals surface area (Å²) in [5, 5.41) is 1.26. The Balaban J connectivity index is 1.32. The van der Waals surface area contributed by atoms with Crippen LogP contribution in [0, 0.1) is 0 Å². The number of fused-ring (bicyclic) bond motifs is 6. The van der Waals surface area contributed by atoms with Gasteiger partial charge >= 0.3 is 0 Å². The van der Waals surface area contributed by atoms with Gasteiger partial charge in [0.1, 0.15) is 18.1 Å². The summed E-state index contributed by atoms with van der Waals surface area (Å²) in [5.41, 5.74) is 7.66. The molecule has 0 bridgehead atoms. The van der Waals surface area contributed by atoms with Gasteiger partial charge in [0, 0.05) is 35.7 Å². The van der Waals surface area contributed by atoms with E-state index in [1.54, 1.807) is 21.3 Å². The maximum absolute atomic E-state index is 6.28. The zero-order valence-electron chi connectivity index (χ0n) is 20.4. The van der Waals surface area contributed by atoms with Gasteiger partial charge in [-0.1, -0.05) is 12.1 Å². The van der Waals surface area contributed by atoms with E-state index in [-0.39, 0.29) is 0 Å². The van der Waals surface area contributed by atoms with Crippen LogP contribution in [0.4, 0.5) is 0 Å². The lowest BCUT2D eigenvalue weighted by Crippen LogP contribution is -2.39. The number of methoxy groups -OCH3 is 3. The monoisotopic (exact) mass is 470 g/mol. The molecular formula is C29H30N2O4. The predicted molar refractivity (Wildman–Crippen MR) is 136 cm³/mol. The standard InChI is InChI=1S/C29H30N2O4/c1-32-20-6-4-18(5-7-20)17-35-29-15-22-19(12-28(29)34-3)10-11-31-16-26-24(14-27(22)31)23-13-21(33-2)8-9-25(23)30-26/h4-9,12-13,15,27,30H,10-11,14,16-17H2,1-3H3. The zero-order valence-corrected chi connectivity index (χ0v) is 20.4. The van der Waals surface area contributed by atoms with Gasteiger partial charge in [0.15, 0.2) is 11.5 Å². The molecule has 0 saturated carbocycles. The highest BCUT2D eigenvalue weighted by Gasteiger charge is 2.34. The number of hydrogen-bond acceptors (Lipinski definition) is 5. The van der Waals surface area contributed by atoms with Gasteiger partial charge in [0.2, 0.25) is 0 Å². The molecule has 3 aromatic carbocycles. The lowest BCUT2D eigenvalue weighted by Gasteiger charge is -2.40. The maximum atomic E-state index is 6.28. The van der Waals surface area contributed by atoms with Crippen molar-refractivity contribution in [3.8, 4) is 23.0 Å². The maximum Gasteiger partial charge on any atom is 0.162 e. The molecule has 1 unspecified atom stereocenters. The second-order valence-corrected chi connectivity index (χ2v) is 9.27. The molecule has 2 aliphatic rings. The fraction of sp³-hybridized carbons (Fsp3) is 0.310. The van der Waals surface area contributed by atoms with Crippen LogP contribution in [0.1, 0.15) is 34.0 Å². The highest BCUT2D eigenvalue weighted by molar-refractivity contribution is 5.86. The Bertz CT molecular complexity index is 1380. The highest BCUT2D eigenvalue weighted by Crippen LogP contribution is 2.44. The third-order valence-electron chi connectivity index (χ3n) is 7.41. The van der Waals surface area contributed by atoms with Crippen molar-refractivity contribution in [2.24, 2.45) is 0 Å². The molecule has 0 aliphatic carbocycles. The van der Waals surface area contributed by atoms with Crippen molar-refractivity contribution in [1.82, 2.24) is 9.88 Å². The van der Waals surface area contributed by atoms with Gasteiger partial charge in [0.25, 0.3) is 0 Å². The van der Waals surface area contributed by atoms with Crippen LogP contribution in [0.2, 0.25) is 0 Å². The largest absolute Gasteiger partial charge is 0.497 e. The Kier molecular flexibility index (Phi) is 5.53. The van der Waals surface area contributed by atoms with Gasteiger partial charge in [-0.3, -0.25) is 4.90 Å². The number of rotatable bonds is 6. The number of ether oxygens (including phenoxy) is 4. The van der Waals surface area contributed by atoms with Gasteiger partial charge in [-0.05, 0) is 77.6 Å². The summed E-state index contributed by atoms with van der Waals surface area (Å²) in [6.45, 7) is 2.43. The molecule has 2 aliphatic heterocycles. The fourth-order valence-electron chi connectivity index (χ4n) is 5.52. The summed E-state index contributed by atoms with van der Waals surface area (Å²) in [7, 11) is 5.11. The first-order valence-corrected chi connectivity index (χ1v) is 12.0. The number of aromatic nitrogens is 1. The molecule has 4 aromatic rings. The van der Waals surface area contributed by atoms with Gasteiger partial charge in [-0.2, -0.15) is 0 Å². The Morgan fingerprint density at radius 2 is 1.69 bits per heavy atom. The van der Waals surface area contributed by atoms with Crippen LogP contribution in [-0.4, -0.2) is 37.8 Å². The second-order valence-electron chi connectivity index (χ2n) is 9.27. The molecule has 0 spiro atoms. The van der Waals surface area contributed by atoms with Crippen LogP contribution < -0.4 is 18.9 Å². The van der Waals surface area contributed by atoms with Crippen LogP contribution in [0.25, 0.3) is 10.9 Å². The summed E-state index contributed by atoms with van der Waals surface area (Å²) in [6, 6.07) is 18.9. The molecule has 6 nitrogen and oxygen atoms in total. The average Bonchev–Trinajstić information content (AvgIpc) is 3.26. The van der Waals surface area contributed by atoms with Crippen molar-refractivity contribution in [1.29, 1.82) is 0 Å². The molecule has 3 heterocycles. The second kappa shape index (κ2) is 8.86. The van der Waals surface area contributed by atoms with Gasteiger partial charge in [-0.25, -0.2) is 0 Å². The first-order chi connectivity index (χ1) is 17.2. The Morgan fingerprint density at radius 1 is 0.886 bits per heavy atom. The Labute approximate surface area is 205 Å². The summed E-state index contributed by atoms with van der Waals surface area (Å²) < 4.78 is 22.8. The molecule has 6 rings (SSSR count). The van der Waals surface area contributed by atoms with E-state index in [2.05, 4.69) is 34.1 Å². The van der Waals surface area contributed by atoms with Crippen molar-refractivity contribution in [2.75, 3.05) is 27.9 Å². The Morgan fingerprint density at radius 3 is 2.46 bits per heavy atom. The SMILES string of the molecule is COc1ccc(COc2cc3c(cc2OC)CCN2Cc4[nH]c5ccc(OC)cc5c4CC32)cc1. The first kappa shape index (κ1) is 21.9. The molecule has 0 fully saturated rings. The number of nitrogens with zero attached hydrogens (tertiary/aromatic N) is 1. The number of H-pyrrole nitrogens is 1. The first-order valence-electron chi connectivity index (χ1n) is 12.0. The van der Waals surface area contributed by atoms with Crippen molar-refractivity contribution in [2.45, 2.75) is 32.0 Å². The molecular weight excluding hydrogens is 440 g/mol. The van der Waals surface area contributed by atoms with Gasteiger partial charge in [-0.15, -0.1) is 0 Å². The zero-order chi connectivity index (χ0) is 23.9. The minimum Gasteiger partial charge on any atom is -0.497 e. The summed E-state index contributed by atoms with van der Waals surface area (Å²) in [6.07, 6.45) is 1.96. The topological polar surface area (TPSA) is 56.0 Å². The lowest BCUT2D eigenvalue weighted by molar-refractivity contribution is 0.158. The fourth-order valence-corrected chi connectivity index (χ4v) is 5.52. The van der Waals surface area contributed by atoms with Gasteiger partial charge < -0.3 is 23.9 Å². The lowest BCUT2D eigenvalue weighted by atomic mass is 9.85. The van der Waals surface area contributed by atoms with E-state index in [4.69, 9.17) is 18.9 Å². The normalized spacial score (nSPS) is 16.8. The molecule has 1 atom stereocenters. The van der Waals surface area contributed by atoms with Crippen LogP contribution in [0.5, 0.6) is 23.0 Å². The van der Waals surface area contributed by atoms with E-state index < -0.39 is 0 Å². The van der Waals surface area contributed by atoms with Crippen molar-refractivity contribution in [3.05, 3.63) is 82.5 Å². The van der Waals surface area contributed by atoms with E-state index in [1.807, 2.05) is 30.3 Å². The van der Waals surface area contributed by atoms with E-state index in [0.717, 1.165) is 54.5 Å². The van der Waals surface area contributed by atoms with Crippen molar-refractivity contribution < 1.29 is 18.9 Å². The van der Waals surface area contributed by atoms with Crippen LogP contribution in [-0.2, 0) is 26.0 Å². The molecule has 0 saturated heterocycles. The van der Waals surface area contributed by atoms with Crippen molar-refractivity contribution in [3.63, 3.8) is 0 Å². The number of nitrogens with one attached hydrogen (secondary N) is 1. The van der Waals surface area contributed by atoms with Crippen LogP contribution in [0.3, 0.4) is 0 Å². The van der Waals surface area contributed by atoms with E-state index >= 15 is 0 Å². The number of hydrogen-bond donors (Lipinski definition) is 1. The van der Waals surface area contributed by atoms with E-state index in [0.29, 0.717) is 12.6 Å². The molecule has 35 heavy (non-hydrogen) atoms. The Hall–Kier alpha value is -3.64. The average molecular weight is 471 g/mol. The molecule has 1 N–H and O–H groups in total. The third kappa shape index (κ3) is 3.88. The minimum absolute atomic E-state index is 0.311.